The summed E-state index contributed by atoms with van der Waals surface area (Å²) in [7, 11) is 0. The molecule has 1 aromatic carbocycles. The molecule has 0 saturated carbocycles. The third kappa shape index (κ3) is 5.92. The zero-order valence-corrected chi connectivity index (χ0v) is 14.4. The summed E-state index contributed by atoms with van der Waals surface area (Å²) in [6, 6.07) is 5.37. The summed E-state index contributed by atoms with van der Waals surface area (Å²) in [5.41, 5.74) is 5.36. The SMILES string of the molecule is NCCCCCCC(=O)N1CCN(c2cccc(C(F)(F)F)c2)CC1. The van der Waals surface area contributed by atoms with Crippen LogP contribution >= 0.6 is 0 Å². The van der Waals surface area contributed by atoms with Gasteiger partial charge in [-0.3, -0.25) is 4.79 Å². The van der Waals surface area contributed by atoms with Gasteiger partial charge in [0.05, 0.1) is 5.56 Å². The van der Waals surface area contributed by atoms with Gasteiger partial charge in [-0.25, -0.2) is 0 Å². The van der Waals surface area contributed by atoms with E-state index in [0.29, 0.717) is 44.8 Å². The van der Waals surface area contributed by atoms with Crippen molar-refractivity contribution in [3.8, 4) is 0 Å². The van der Waals surface area contributed by atoms with Gasteiger partial charge in [0, 0.05) is 38.3 Å². The minimum atomic E-state index is -4.34. The monoisotopic (exact) mass is 357 g/mol. The van der Waals surface area contributed by atoms with E-state index in [0.717, 1.165) is 31.7 Å². The predicted molar refractivity (Wildman–Crippen MR) is 92.4 cm³/mol. The van der Waals surface area contributed by atoms with Crippen molar-refractivity contribution >= 4 is 11.6 Å². The predicted octanol–water partition coefficient (Wildman–Crippen LogP) is 3.26. The molecule has 1 fully saturated rings. The van der Waals surface area contributed by atoms with Crippen LogP contribution in [0.1, 0.15) is 37.7 Å². The molecule has 4 nitrogen and oxygen atoms in total. The van der Waals surface area contributed by atoms with Gasteiger partial charge in [0.25, 0.3) is 0 Å². The lowest BCUT2D eigenvalue weighted by Gasteiger charge is -2.36. The first kappa shape index (κ1) is 19.6. The highest BCUT2D eigenvalue weighted by Crippen LogP contribution is 2.31. The van der Waals surface area contributed by atoms with Gasteiger partial charge < -0.3 is 15.5 Å². The first-order valence-corrected chi connectivity index (χ1v) is 8.82. The molecular weight excluding hydrogens is 331 g/mol. The second kappa shape index (κ2) is 9.08. The standard InChI is InChI=1S/C18H26F3N3O/c19-18(20,21)15-6-5-7-16(14-15)23-10-12-24(13-11-23)17(25)8-3-1-2-4-9-22/h5-7,14H,1-4,8-13,22H2. The van der Waals surface area contributed by atoms with Crippen molar-refractivity contribution in [3.63, 3.8) is 0 Å². The van der Waals surface area contributed by atoms with E-state index in [1.807, 2.05) is 9.80 Å². The van der Waals surface area contributed by atoms with E-state index < -0.39 is 11.7 Å². The van der Waals surface area contributed by atoms with E-state index in [-0.39, 0.29) is 5.91 Å². The number of nitrogens with zero attached hydrogens (tertiary/aromatic N) is 2. The van der Waals surface area contributed by atoms with Gasteiger partial charge in [0.1, 0.15) is 0 Å². The molecule has 7 heteroatoms. The Labute approximate surface area is 146 Å². The summed E-state index contributed by atoms with van der Waals surface area (Å²) in [6.45, 7) is 2.90. The van der Waals surface area contributed by atoms with Crippen LogP contribution in [0.4, 0.5) is 18.9 Å². The van der Waals surface area contributed by atoms with Gasteiger partial charge in [-0.2, -0.15) is 13.2 Å². The van der Waals surface area contributed by atoms with Crippen molar-refractivity contribution in [1.82, 2.24) is 4.90 Å². The number of halogens is 3. The second-order valence-electron chi connectivity index (χ2n) is 6.37. The molecule has 1 heterocycles. The number of alkyl halides is 3. The fourth-order valence-electron chi connectivity index (χ4n) is 3.03. The van der Waals surface area contributed by atoms with Gasteiger partial charge in [-0.05, 0) is 37.6 Å². The Bertz CT molecular complexity index is 555. The third-order valence-electron chi connectivity index (χ3n) is 4.52. The van der Waals surface area contributed by atoms with Crippen molar-refractivity contribution < 1.29 is 18.0 Å². The van der Waals surface area contributed by atoms with Gasteiger partial charge in [-0.1, -0.05) is 18.9 Å². The molecule has 1 aromatic rings. The number of anilines is 1. The molecule has 0 spiro atoms. The summed E-state index contributed by atoms with van der Waals surface area (Å²) in [5.74, 6) is 0.136. The number of hydrogen-bond donors (Lipinski definition) is 1. The molecule has 0 unspecified atom stereocenters. The number of piperazine rings is 1. The fraction of sp³-hybridized carbons (Fsp3) is 0.611. The molecule has 1 amide bonds. The van der Waals surface area contributed by atoms with E-state index in [9.17, 15) is 18.0 Å². The Morgan fingerprint density at radius 1 is 1.04 bits per heavy atom. The lowest BCUT2D eigenvalue weighted by molar-refractivity contribution is -0.137. The molecular formula is C18H26F3N3O. The van der Waals surface area contributed by atoms with E-state index in [1.165, 1.54) is 12.1 Å². The normalized spacial score (nSPS) is 15.5. The summed E-state index contributed by atoms with van der Waals surface area (Å²) in [4.78, 5) is 15.9. The largest absolute Gasteiger partial charge is 0.416 e. The van der Waals surface area contributed by atoms with Gasteiger partial charge in [0.15, 0.2) is 0 Å². The Morgan fingerprint density at radius 3 is 2.36 bits per heavy atom. The van der Waals surface area contributed by atoms with Crippen LogP contribution in [0.3, 0.4) is 0 Å². The average Bonchev–Trinajstić information content (AvgIpc) is 2.61. The van der Waals surface area contributed by atoms with Crippen molar-refractivity contribution in [1.29, 1.82) is 0 Å². The maximum absolute atomic E-state index is 12.8. The summed E-state index contributed by atoms with van der Waals surface area (Å²) >= 11 is 0. The van der Waals surface area contributed by atoms with Crippen LogP contribution in [0.25, 0.3) is 0 Å². The molecule has 1 saturated heterocycles. The van der Waals surface area contributed by atoms with Crippen LogP contribution in [-0.4, -0.2) is 43.5 Å². The molecule has 2 rings (SSSR count). The van der Waals surface area contributed by atoms with Crippen LogP contribution in [0.15, 0.2) is 24.3 Å². The lowest BCUT2D eigenvalue weighted by atomic mass is 10.1. The molecule has 0 atom stereocenters. The number of benzene rings is 1. The Kier molecular flexibility index (Phi) is 7.11. The van der Waals surface area contributed by atoms with Gasteiger partial charge in [0.2, 0.25) is 5.91 Å². The molecule has 2 N–H and O–H groups in total. The van der Waals surface area contributed by atoms with E-state index >= 15 is 0 Å². The summed E-state index contributed by atoms with van der Waals surface area (Å²) in [6.07, 6.45) is 0.114. The molecule has 0 aromatic heterocycles. The van der Waals surface area contributed by atoms with Crippen LogP contribution in [-0.2, 0) is 11.0 Å². The van der Waals surface area contributed by atoms with Gasteiger partial charge in [-0.15, -0.1) is 0 Å². The van der Waals surface area contributed by atoms with E-state index in [2.05, 4.69) is 0 Å². The van der Waals surface area contributed by atoms with E-state index in [1.54, 1.807) is 6.07 Å². The van der Waals surface area contributed by atoms with Crippen molar-refractivity contribution in [2.24, 2.45) is 5.73 Å². The first-order chi connectivity index (χ1) is 11.9. The molecule has 0 bridgehead atoms. The zero-order valence-electron chi connectivity index (χ0n) is 14.4. The van der Waals surface area contributed by atoms with Crippen molar-refractivity contribution in [2.45, 2.75) is 38.3 Å². The van der Waals surface area contributed by atoms with Crippen LogP contribution in [0.5, 0.6) is 0 Å². The molecule has 140 valence electrons. The highest BCUT2D eigenvalue weighted by Gasteiger charge is 2.31. The Morgan fingerprint density at radius 2 is 1.72 bits per heavy atom. The maximum Gasteiger partial charge on any atom is 0.416 e. The van der Waals surface area contributed by atoms with Crippen LogP contribution in [0.2, 0.25) is 0 Å². The minimum absolute atomic E-state index is 0.136. The Hall–Kier alpha value is -1.76. The zero-order chi connectivity index (χ0) is 18.3. The summed E-state index contributed by atoms with van der Waals surface area (Å²) in [5, 5.41) is 0. The summed E-state index contributed by atoms with van der Waals surface area (Å²) < 4.78 is 38.5. The molecule has 1 aliphatic rings. The number of carbonyl (C=O) groups excluding carboxylic acids is 1. The smallest absolute Gasteiger partial charge is 0.368 e. The quantitative estimate of drug-likeness (QED) is 0.762. The minimum Gasteiger partial charge on any atom is -0.368 e. The molecule has 0 radical (unpaired) electrons. The molecule has 1 aliphatic heterocycles. The maximum atomic E-state index is 12.8. The number of unbranched alkanes of at least 4 members (excludes halogenated alkanes) is 3. The number of amides is 1. The second-order valence-corrected chi connectivity index (χ2v) is 6.37. The van der Waals surface area contributed by atoms with Crippen molar-refractivity contribution in [2.75, 3.05) is 37.6 Å². The molecule has 0 aliphatic carbocycles. The topological polar surface area (TPSA) is 49.6 Å². The highest BCUT2D eigenvalue weighted by molar-refractivity contribution is 5.76. The highest BCUT2D eigenvalue weighted by atomic mass is 19.4. The number of hydrogen-bond acceptors (Lipinski definition) is 3. The van der Waals surface area contributed by atoms with E-state index in [4.69, 9.17) is 5.73 Å². The number of nitrogens with two attached hydrogens (primary N) is 1. The third-order valence-corrected chi connectivity index (χ3v) is 4.52. The average molecular weight is 357 g/mol. The molecule has 25 heavy (non-hydrogen) atoms. The number of rotatable bonds is 7. The van der Waals surface area contributed by atoms with Gasteiger partial charge >= 0.3 is 6.18 Å². The lowest BCUT2D eigenvalue weighted by Crippen LogP contribution is -2.48. The van der Waals surface area contributed by atoms with Crippen LogP contribution < -0.4 is 10.6 Å². The van der Waals surface area contributed by atoms with Crippen LogP contribution in [0, 0.1) is 0 Å². The first-order valence-electron chi connectivity index (χ1n) is 8.82. The number of carbonyl (C=O) groups is 1. The fourth-order valence-corrected chi connectivity index (χ4v) is 3.03. The Balaban J connectivity index is 1.80. The van der Waals surface area contributed by atoms with Crippen molar-refractivity contribution in [3.05, 3.63) is 29.8 Å².